The Morgan fingerprint density at radius 3 is 2.45 bits per heavy atom. The summed E-state index contributed by atoms with van der Waals surface area (Å²) in [5.74, 6) is 2.60. The number of aryl methyl sites for hydroxylation is 2. The van der Waals surface area contributed by atoms with E-state index in [-0.39, 0.29) is 0 Å². The molecule has 0 aliphatic carbocycles. The number of anilines is 4. The number of hydrogen-bond acceptors (Lipinski definition) is 6. The molecule has 6 nitrogen and oxygen atoms in total. The van der Waals surface area contributed by atoms with Crippen LogP contribution in [0.25, 0.3) is 0 Å². The van der Waals surface area contributed by atoms with Gasteiger partial charge in [0.25, 0.3) is 0 Å². The Morgan fingerprint density at radius 1 is 0.955 bits per heavy atom. The molecule has 3 rings (SSSR count). The number of nitrogens with zero attached hydrogens (tertiary/aromatic N) is 3. The summed E-state index contributed by atoms with van der Waals surface area (Å²) in [6.45, 7) is 3.82. The lowest BCUT2D eigenvalue weighted by atomic mass is 10.2. The Bertz CT molecular complexity index is 802. The van der Waals surface area contributed by atoms with E-state index in [4.69, 9.17) is 16.1 Å². The van der Waals surface area contributed by atoms with E-state index in [1.54, 1.807) is 12.1 Å². The number of rotatable bonds is 4. The Kier molecular flexibility index (Phi) is 3.93. The van der Waals surface area contributed by atoms with E-state index in [2.05, 4.69) is 25.8 Å². The van der Waals surface area contributed by atoms with E-state index in [0.717, 1.165) is 17.0 Å². The van der Waals surface area contributed by atoms with Gasteiger partial charge in [-0.1, -0.05) is 22.8 Å². The second-order valence-electron chi connectivity index (χ2n) is 4.82. The molecular weight excluding hydrogens is 302 g/mol. The van der Waals surface area contributed by atoms with Gasteiger partial charge in [-0.05, 0) is 31.5 Å². The maximum atomic E-state index is 6.02. The number of halogens is 1. The minimum atomic E-state index is 0.598. The van der Waals surface area contributed by atoms with Crippen molar-refractivity contribution in [2.24, 2.45) is 0 Å². The molecule has 2 aromatic heterocycles. The Labute approximate surface area is 132 Å². The van der Waals surface area contributed by atoms with Crippen molar-refractivity contribution < 1.29 is 4.52 Å². The van der Waals surface area contributed by atoms with Gasteiger partial charge in [0.05, 0.1) is 0 Å². The minimum absolute atomic E-state index is 0.598. The van der Waals surface area contributed by atoms with Crippen molar-refractivity contribution in [1.29, 1.82) is 0 Å². The van der Waals surface area contributed by atoms with Crippen LogP contribution in [0.5, 0.6) is 0 Å². The predicted octanol–water partition coefficient (Wildman–Crippen LogP) is 4.22. The van der Waals surface area contributed by atoms with Crippen LogP contribution >= 0.6 is 11.6 Å². The highest BCUT2D eigenvalue weighted by molar-refractivity contribution is 6.30. The largest absolute Gasteiger partial charge is 0.360 e. The molecule has 0 aliphatic rings. The molecule has 112 valence electrons. The fourth-order valence-corrected chi connectivity index (χ4v) is 2.09. The van der Waals surface area contributed by atoms with Crippen LogP contribution in [0, 0.1) is 13.8 Å². The van der Waals surface area contributed by atoms with E-state index in [0.29, 0.717) is 22.5 Å². The van der Waals surface area contributed by atoms with Gasteiger partial charge in [0.1, 0.15) is 23.7 Å². The lowest BCUT2D eigenvalue weighted by Gasteiger charge is -2.10. The predicted molar refractivity (Wildman–Crippen MR) is 86.0 cm³/mol. The summed E-state index contributed by atoms with van der Waals surface area (Å²) in [6.07, 6.45) is 1.47. The molecule has 3 aromatic rings. The van der Waals surface area contributed by atoms with Gasteiger partial charge in [-0.25, -0.2) is 9.97 Å². The lowest BCUT2D eigenvalue weighted by molar-refractivity contribution is 0.400. The topological polar surface area (TPSA) is 75.9 Å². The van der Waals surface area contributed by atoms with Gasteiger partial charge < -0.3 is 15.2 Å². The van der Waals surface area contributed by atoms with Gasteiger partial charge >= 0.3 is 0 Å². The highest BCUT2D eigenvalue weighted by Gasteiger charge is 2.05. The lowest BCUT2D eigenvalue weighted by Crippen LogP contribution is -1.99. The highest BCUT2D eigenvalue weighted by Crippen LogP contribution is 2.24. The molecule has 0 saturated carbocycles. The fourth-order valence-electron chi connectivity index (χ4n) is 1.92. The zero-order valence-corrected chi connectivity index (χ0v) is 12.8. The number of nitrogens with one attached hydrogen (secondary N) is 2. The van der Waals surface area contributed by atoms with Crippen molar-refractivity contribution in [2.75, 3.05) is 10.6 Å². The van der Waals surface area contributed by atoms with Crippen LogP contribution in [0.3, 0.4) is 0 Å². The summed E-state index contributed by atoms with van der Waals surface area (Å²) in [6, 6.07) is 9.22. The van der Waals surface area contributed by atoms with Gasteiger partial charge in [0, 0.05) is 22.8 Å². The maximum absolute atomic E-state index is 6.02. The molecule has 2 heterocycles. The summed E-state index contributed by atoms with van der Waals surface area (Å²) in [4.78, 5) is 8.36. The normalized spacial score (nSPS) is 10.5. The first-order chi connectivity index (χ1) is 10.6. The number of hydrogen-bond donors (Lipinski definition) is 2. The van der Waals surface area contributed by atoms with Gasteiger partial charge in [0.2, 0.25) is 0 Å². The van der Waals surface area contributed by atoms with E-state index in [9.17, 15) is 0 Å². The summed E-state index contributed by atoms with van der Waals surface area (Å²) >= 11 is 6.02. The molecule has 0 spiro atoms. The van der Waals surface area contributed by atoms with Gasteiger partial charge in [-0.3, -0.25) is 0 Å². The third-order valence-corrected chi connectivity index (χ3v) is 3.25. The molecule has 0 aliphatic heterocycles. The Morgan fingerprint density at radius 2 is 1.73 bits per heavy atom. The summed E-state index contributed by atoms with van der Waals surface area (Å²) in [7, 11) is 0. The first-order valence-electron chi connectivity index (χ1n) is 6.66. The maximum Gasteiger partial charge on any atom is 0.175 e. The van der Waals surface area contributed by atoms with Crippen molar-refractivity contribution >= 4 is 34.7 Å². The number of aromatic nitrogens is 3. The first-order valence-corrected chi connectivity index (χ1v) is 7.03. The third kappa shape index (κ3) is 3.35. The Balaban J connectivity index is 1.80. The molecule has 0 bridgehead atoms. The van der Waals surface area contributed by atoms with Crippen molar-refractivity contribution in [3.8, 4) is 0 Å². The monoisotopic (exact) mass is 315 g/mol. The van der Waals surface area contributed by atoms with Crippen LogP contribution in [0.15, 0.2) is 41.2 Å². The first kappa shape index (κ1) is 14.3. The van der Waals surface area contributed by atoms with Crippen LogP contribution < -0.4 is 10.6 Å². The smallest absolute Gasteiger partial charge is 0.175 e. The SMILES string of the molecule is Cc1cc(Nc2cc(Nc3cc(Cl)ccc3C)ncn2)no1. The van der Waals surface area contributed by atoms with Crippen LogP contribution in [-0.2, 0) is 0 Å². The summed E-state index contributed by atoms with van der Waals surface area (Å²) in [5.41, 5.74) is 1.97. The average molecular weight is 316 g/mol. The molecule has 0 fully saturated rings. The zero-order valence-electron chi connectivity index (χ0n) is 12.1. The molecule has 2 N–H and O–H groups in total. The molecule has 7 heteroatoms. The summed E-state index contributed by atoms with van der Waals surface area (Å²) in [5, 5.41) is 10.8. The van der Waals surface area contributed by atoms with Gasteiger partial charge in [-0.15, -0.1) is 0 Å². The van der Waals surface area contributed by atoms with Crippen LogP contribution in [-0.4, -0.2) is 15.1 Å². The quantitative estimate of drug-likeness (QED) is 0.750. The standard InChI is InChI=1S/C15H14ClN5O/c1-9-3-4-11(16)6-12(9)19-13-7-14(18-8-17-13)20-15-5-10(2)22-21-15/h3-8H,1-2H3,(H2,17,18,19,20,21). The zero-order chi connectivity index (χ0) is 15.5. The van der Waals surface area contributed by atoms with E-state index < -0.39 is 0 Å². The average Bonchev–Trinajstić information content (AvgIpc) is 2.88. The molecule has 0 radical (unpaired) electrons. The molecule has 1 aromatic carbocycles. The van der Waals surface area contributed by atoms with Crippen molar-refractivity contribution in [1.82, 2.24) is 15.1 Å². The second-order valence-corrected chi connectivity index (χ2v) is 5.26. The van der Waals surface area contributed by atoms with Gasteiger partial charge in [0.15, 0.2) is 5.82 Å². The van der Waals surface area contributed by atoms with Crippen molar-refractivity contribution in [3.63, 3.8) is 0 Å². The molecule has 0 atom stereocenters. The molecule has 0 amide bonds. The van der Waals surface area contributed by atoms with Crippen LogP contribution in [0.2, 0.25) is 5.02 Å². The van der Waals surface area contributed by atoms with Crippen LogP contribution in [0.4, 0.5) is 23.1 Å². The minimum Gasteiger partial charge on any atom is -0.360 e. The van der Waals surface area contributed by atoms with Crippen molar-refractivity contribution in [2.45, 2.75) is 13.8 Å². The van der Waals surface area contributed by atoms with Crippen LogP contribution in [0.1, 0.15) is 11.3 Å². The third-order valence-electron chi connectivity index (χ3n) is 3.01. The van der Waals surface area contributed by atoms with Crippen molar-refractivity contribution in [3.05, 3.63) is 53.0 Å². The molecule has 0 unspecified atom stereocenters. The number of benzene rings is 1. The highest BCUT2D eigenvalue weighted by atomic mass is 35.5. The molecule has 0 saturated heterocycles. The van der Waals surface area contributed by atoms with E-state index in [1.807, 2.05) is 32.0 Å². The molecule has 22 heavy (non-hydrogen) atoms. The van der Waals surface area contributed by atoms with E-state index in [1.165, 1.54) is 6.33 Å². The summed E-state index contributed by atoms with van der Waals surface area (Å²) < 4.78 is 5.01. The van der Waals surface area contributed by atoms with Gasteiger partial charge in [-0.2, -0.15) is 0 Å². The Hall–Kier alpha value is -2.60. The fraction of sp³-hybridized carbons (Fsp3) is 0.133. The second kappa shape index (κ2) is 6.03. The molecular formula is C15H14ClN5O. The van der Waals surface area contributed by atoms with E-state index >= 15 is 0 Å².